The van der Waals surface area contributed by atoms with E-state index in [-0.39, 0.29) is 11.6 Å². The normalized spacial score (nSPS) is 23.2. The van der Waals surface area contributed by atoms with Crippen molar-refractivity contribution in [1.29, 1.82) is 0 Å². The molecule has 0 unspecified atom stereocenters. The Balaban J connectivity index is 2.00. The maximum atomic E-state index is 11.8. The molecule has 1 heterocycles. The second-order valence-corrected chi connectivity index (χ2v) is 13.5. The first-order valence-corrected chi connectivity index (χ1v) is 12.9. The molecule has 0 bridgehead atoms. The highest BCUT2D eigenvalue weighted by molar-refractivity contribution is 6.99. The predicted octanol–water partition coefficient (Wildman–Crippen LogP) is 2.14. The van der Waals surface area contributed by atoms with Crippen LogP contribution in [0.3, 0.4) is 0 Å². The molecule has 0 amide bonds. The van der Waals surface area contributed by atoms with Crippen LogP contribution in [0, 0.1) is 0 Å². The van der Waals surface area contributed by atoms with Crippen molar-refractivity contribution in [1.82, 2.24) is 0 Å². The van der Waals surface area contributed by atoms with Gasteiger partial charge in [-0.3, -0.25) is 9.59 Å². The molecular formula is C25H32O7Si. The molecule has 0 saturated carbocycles. The molecule has 8 heteroatoms. The van der Waals surface area contributed by atoms with Crippen molar-refractivity contribution >= 4 is 30.6 Å². The Kier molecular flexibility index (Phi) is 7.74. The number of carbonyl (C=O) groups excluding carboxylic acids is 2. The summed E-state index contributed by atoms with van der Waals surface area (Å²) in [6.07, 6.45) is -4.35. The van der Waals surface area contributed by atoms with Gasteiger partial charge in [0, 0.05) is 13.8 Å². The van der Waals surface area contributed by atoms with Crippen molar-refractivity contribution in [3.8, 4) is 0 Å². The van der Waals surface area contributed by atoms with Gasteiger partial charge in [0.05, 0.1) is 6.61 Å². The molecule has 1 fully saturated rings. The summed E-state index contributed by atoms with van der Waals surface area (Å²) in [6.45, 7) is 8.97. The van der Waals surface area contributed by atoms with Gasteiger partial charge in [0.25, 0.3) is 8.32 Å². The van der Waals surface area contributed by atoms with Crippen molar-refractivity contribution in [3.05, 3.63) is 60.7 Å². The lowest BCUT2D eigenvalue weighted by Crippen LogP contribution is -2.67. The van der Waals surface area contributed by atoms with Gasteiger partial charge in [-0.2, -0.15) is 0 Å². The summed E-state index contributed by atoms with van der Waals surface area (Å²) in [5.74, 6) is -1.17. The van der Waals surface area contributed by atoms with Crippen LogP contribution in [0.15, 0.2) is 60.7 Å². The molecule has 0 aromatic heterocycles. The summed E-state index contributed by atoms with van der Waals surface area (Å²) in [5.41, 5.74) is 0. The Morgan fingerprint density at radius 2 is 1.33 bits per heavy atom. The summed E-state index contributed by atoms with van der Waals surface area (Å²) in [5, 5.41) is 12.3. The van der Waals surface area contributed by atoms with Crippen molar-refractivity contribution in [3.63, 3.8) is 0 Å². The van der Waals surface area contributed by atoms with E-state index in [0.717, 1.165) is 10.4 Å². The first-order valence-electron chi connectivity index (χ1n) is 11.0. The Labute approximate surface area is 195 Å². The largest absolute Gasteiger partial charge is 0.455 e. The fraction of sp³-hybridized carbons (Fsp3) is 0.440. The number of rotatable bonds is 7. The van der Waals surface area contributed by atoms with Gasteiger partial charge in [-0.1, -0.05) is 81.4 Å². The molecule has 2 aromatic carbocycles. The minimum Gasteiger partial charge on any atom is -0.455 e. The molecule has 1 N–H and O–H groups in total. The van der Waals surface area contributed by atoms with Gasteiger partial charge in [-0.25, -0.2) is 0 Å². The van der Waals surface area contributed by atoms with E-state index < -0.39 is 44.9 Å². The predicted molar refractivity (Wildman–Crippen MR) is 126 cm³/mol. The molecule has 33 heavy (non-hydrogen) atoms. The van der Waals surface area contributed by atoms with Crippen LogP contribution in [0.25, 0.3) is 0 Å². The summed E-state index contributed by atoms with van der Waals surface area (Å²) < 4.78 is 23.1. The molecule has 3 rings (SSSR count). The van der Waals surface area contributed by atoms with Crippen LogP contribution < -0.4 is 10.4 Å². The van der Waals surface area contributed by atoms with Gasteiger partial charge in [0.2, 0.25) is 0 Å². The standard InChI is InChI=1S/C25H32O7Si/c1-17(26)30-22-21(32-24(28)23(22)31-18(2)27)16-29-33(25(3,4)5,19-12-8-6-9-13-19)20-14-10-7-11-15-20/h6-15,21-24,28H,16H2,1-5H3/t21-,22-,23+,24+/m1/s1. The maximum absolute atomic E-state index is 11.8. The third kappa shape index (κ3) is 5.35. The highest BCUT2D eigenvalue weighted by atomic mass is 28.4. The lowest BCUT2D eigenvalue weighted by atomic mass is 10.1. The number of carbonyl (C=O) groups is 2. The first-order chi connectivity index (χ1) is 15.6. The Morgan fingerprint density at radius 3 is 1.76 bits per heavy atom. The zero-order valence-electron chi connectivity index (χ0n) is 19.7. The quantitative estimate of drug-likeness (QED) is 0.488. The lowest BCUT2D eigenvalue weighted by molar-refractivity contribution is -0.174. The third-order valence-corrected chi connectivity index (χ3v) is 10.8. The number of aliphatic hydroxyl groups excluding tert-OH is 1. The van der Waals surface area contributed by atoms with Gasteiger partial charge in [-0.05, 0) is 15.4 Å². The number of aliphatic hydroxyl groups is 1. The summed E-state index contributed by atoms with van der Waals surface area (Å²) in [4.78, 5) is 23.3. The van der Waals surface area contributed by atoms with Gasteiger partial charge in [-0.15, -0.1) is 0 Å². The molecule has 1 aliphatic rings. The summed E-state index contributed by atoms with van der Waals surface area (Å²) in [6, 6.07) is 20.2. The van der Waals surface area contributed by atoms with E-state index in [9.17, 15) is 14.7 Å². The summed E-state index contributed by atoms with van der Waals surface area (Å²) >= 11 is 0. The topological polar surface area (TPSA) is 91.3 Å². The van der Waals surface area contributed by atoms with Crippen LogP contribution in [0.4, 0.5) is 0 Å². The number of benzene rings is 2. The number of esters is 2. The molecule has 1 saturated heterocycles. The monoisotopic (exact) mass is 472 g/mol. The molecule has 2 aromatic rings. The Hall–Kier alpha value is -2.52. The highest BCUT2D eigenvalue weighted by Crippen LogP contribution is 2.37. The minimum absolute atomic E-state index is 0.0417. The molecule has 4 atom stereocenters. The smallest absolute Gasteiger partial charge is 0.303 e. The molecule has 0 spiro atoms. The Bertz CT molecular complexity index is 903. The van der Waals surface area contributed by atoms with E-state index in [4.69, 9.17) is 18.6 Å². The van der Waals surface area contributed by atoms with Crippen molar-refractivity contribution in [2.75, 3.05) is 6.61 Å². The van der Waals surface area contributed by atoms with E-state index in [1.165, 1.54) is 13.8 Å². The average Bonchev–Trinajstić information content (AvgIpc) is 3.02. The van der Waals surface area contributed by atoms with Crippen molar-refractivity contribution in [2.24, 2.45) is 0 Å². The zero-order valence-corrected chi connectivity index (χ0v) is 20.7. The lowest BCUT2D eigenvalue weighted by Gasteiger charge is -2.43. The van der Waals surface area contributed by atoms with E-state index in [1.54, 1.807) is 0 Å². The highest BCUT2D eigenvalue weighted by Gasteiger charge is 2.53. The van der Waals surface area contributed by atoms with Crippen molar-refractivity contribution < 1.29 is 33.3 Å². The molecule has 0 aliphatic carbocycles. The van der Waals surface area contributed by atoms with Crippen molar-refractivity contribution in [2.45, 2.75) is 64.3 Å². The fourth-order valence-corrected chi connectivity index (χ4v) is 9.03. The zero-order chi connectivity index (χ0) is 24.2. The van der Waals surface area contributed by atoms with Gasteiger partial charge < -0.3 is 23.7 Å². The molecule has 1 aliphatic heterocycles. The minimum atomic E-state index is -2.87. The SMILES string of the molecule is CC(=O)O[C@H]1[C@H](OC(C)=O)[C@@H](CO[Si](c2ccccc2)(c2ccccc2)C(C)(C)C)O[C@@H]1O. The van der Waals surface area contributed by atoms with Gasteiger partial charge in [0.1, 0.15) is 6.10 Å². The molecule has 7 nitrogen and oxygen atoms in total. The van der Waals surface area contributed by atoms with E-state index >= 15 is 0 Å². The van der Waals surface area contributed by atoms with Crippen LogP contribution in [0.5, 0.6) is 0 Å². The number of ether oxygens (including phenoxy) is 3. The molecule has 178 valence electrons. The first kappa shape index (κ1) is 25.1. The average molecular weight is 473 g/mol. The maximum Gasteiger partial charge on any atom is 0.303 e. The second-order valence-electron chi connectivity index (χ2n) is 9.19. The van der Waals surface area contributed by atoms with Crippen LogP contribution in [-0.2, 0) is 28.2 Å². The van der Waals surface area contributed by atoms with E-state index in [2.05, 4.69) is 45.0 Å². The van der Waals surface area contributed by atoms with Crippen LogP contribution >= 0.6 is 0 Å². The number of hydrogen-bond donors (Lipinski definition) is 1. The Morgan fingerprint density at radius 1 is 0.879 bits per heavy atom. The van der Waals surface area contributed by atoms with E-state index in [1.807, 2.05) is 36.4 Å². The number of hydrogen-bond acceptors (Lipinski definition) is 7. The molecule has 0 radical (unpaired) electrons. The van der Waals surface area contributed by atoms with Crippen LogP contribution in [-0.4, -0.2) is 56.6 Å². The third-order valence-electron chi connectivity index (χ3n) is 5.77. The van der Waals surface area contributed by atoms with Crippen LogP contribution in [0.1, 0.15) is 34.6 Å². The second kappa shape index (κ2) is 10.2. The molecular weight excluding hydrogens is 440 g/mol. The van der Waals surface area contributed by atoms with Crippen LogP contribution in [0.2, 0.25) is 5.04 Å². The summed E-state index contributed by atoms with van der Waals surface area (Å²) in [7, 11) is -2.87. The van der Waals surface area contributed by atoms with Gasteiger partial charge >= 0.3 is 11.9 Å². The fourth-order valence-electron chi connectivity index (χ4n) is 4.46. The van der Waals surface area contributed by atoms with Gasteiger partial charge in [0.15, 0.2) is 18.5 Å². The van der Waals surface area contributed by atoms with E-state index in [0.29, 0.717) is 0 Å².